The number of phenolic OH excluding ortho intramolecular Hbond substituents is 2. The van der Waals surface area contributed by atoms with Gasteiger partial charge in [-0.3, -0.25) is 4.79 Å². The summed E-state index contributed by atoms with van der Waals surface area (Å²) in [7, 11) is 0. The van der Waals surface area contributed by atoms with Crippen molar-refractivity contribution >= 4 is 17.3 Å². The third-order valence-corrected chi connectivity index (χ3v) is 2.92. The van der Waals surface area contributed by atoms with Crippen molar-refractivity contribution in [2.45, 2.75) is 6.92 Å². The molecular weight excluding hydrogens is 256 g/mol. The molecule has 0 spiro atoms. The third kappa shape index (κ3) is 2.83. The van der Waals surface area contributed by atoms with Crippen LogP contribution in [0.4, 0.5) is 11.4 Å². The Bertz CT molecular complexity index is 603. The largest absolute Gasteiger partial charge is 0.508 e. The molecule has 0 aliphatic carbocycles. The molecule has 0 aliphatic rings. The van der Waals surface area contributed by atoms with Crippen LogP contribution in [0.5, 0.6) is 11.5 Å². The average Bonchev–Trinajstić information content (AvgIpc) is 2.40. The Morgan fingerprint density at radius 1 is 1.10 bits per heavy atom. The number of amides is 1. The number of phenols is 2. The summed E-state index contributed by atoms with van der Waals surface area (Å²) in [4.78, 5) is 14.0. The Balaban J connectivity index is 2.36. The van der Waals surface area contributed by atoms with E-state index in [1.807, 2.05) is 6.92 Å². The summed E-state index contributed by atoms with van der Waals surface area (Å²) in [5.74, 6) is -0.605. The molecular formula is C15H16N2O3. The van der Waals surface area contributed by atoms with Crippen LogP contribution >= 0.6 is 0 Å². The number of hydrogen-bond acceptors (Lipinski definition) is 4. The Morgan fingerprint density at radius 2 is 1.65 bits per heavy atom. The maximum absolute atomic E-state index is 12.4. The van der Waals surface area contributed by atoms with Crippen molar-refractivity contribution in [1.82, 2.24) is 0 Å². The van der Waals surface area contributed by atoms with Crippen LogP contribution in [-0.2, 0) is 0 Å². The minimum Gasteiger partial charge on any atom is -0.508 e. The first-order valence-electron chi connectivity index (χ1n) is 6.21. The molecule has 2 aromatic carbocycles. The van der Waals surface area contributed by atoms with Crippen molar-refractivity contribution < 1.29 is 15.0 Å². The van der Waals surface area contributed by atoms with Gasteiger partial charge >= 0.3 is 0 Å². The summed E-state index contributed by atoms with van der Waals surface area (Å²) >= 11 is 0. The number of anilines is 2. The van der Waals surface area contributed by atoms with E-state index in [-0.39, 0.29) is 23.0 Å². The van der Waals surface area contributed by atoms with Gasteiger partial charge in [-0.15, -0.1) is 0 Å². The number of aromatic hydroxyl groups is 2. The third-order valence-electron chi connectivity index (χ3n) is 2.92. The SMILES string of the molecule is CCN(C(=O)c1cc(O)cc(O)c1)c1ccc(N)cc1. The van der Waals surface area contributed by atoms with Gasteiger partial charge in [0.25, 0.3) is 5.91 Å². The van der Waals surface area contributed by atoms with Gasteiger partial charge in [0.1, 0.15) is 11.5 Å². The number of hydrogen-bond donors (Lipinski definition) is 3. The van der Waals surface area contributed by atoms with Crippen molar-refractivity contribution in [3.8, 4) is 11.5 Å². The molecule has 104 valence electrons. The second kappa shape index (κ2) is 5.52. The van der Waals surface area contributed by atoms with Gasteiger partial charge in [-0.05, 0) is 43.3 Å². The fourth-order valence-electron chi connectivity index (χ4n) is 1.97. The fraction of sp³-hybridized carbons (Fsp3) is 0.133. The summed E-state index contributed by atoms with van der Waals surface area (Å²) in [5.41, 5.74) is 7.17. The van der Waals surface area contributed by atoms with Crippen LogP contribution in [0.25, 0.3) is 0 Å². The van der Waals surface area contributed by atoms with E-state index in [1.54, 1.807) is 24.3 Å². The van der Waals surface area contributed by atoms with Gasteiger partial charge in [-0.25, -0.2) is 0 Å². The molecule has 4 N–H and O–H groups in total. The summed E-state index contributed by atoms with van der Waals surface area (Å²) in [6, 6.07) is 10.7. The second-order valence-corrected chi connectivity index (χ2v) is 4.38. The zero-order valence-corrected chi connectivity index (χ0v) is 11.1. The van der Waals surface area contributed by atoms with E-state index in [2.05, 4.69) is 0 Å². The molecule has 5 heteroatoms. The minimum absolute atomic E-state index is 0.151. The highest BCUT2D eigenvalue weighted by Gasteiger charge is 2.17. The highest BCUT2D eigenvalue weighted by Crippen LogP contribution is 2.24. The Morgan fingerprint density at radius 3 is 2.15 bits per heavy atom. The zero-order valence-electron chi connectivity index (χ0n) is 11.1. The first kappa shape index (κ1) is 13.7. The number of rotatable bonds is 3. The van der Waals surface area contributed by atoms with E-state index in [0.717, 1.165) is 0 Å². The first-order chi connectivity index (χ1) is 9.51. The van der Waals surface area contributed by atoms with Crippen molar-refractivity contribution in [2.24, 2.45) is 0 Å². The molecule has 5 nitrogen and oxygen atoms in total. The van der Waals surface area contributed by atoms with Gasteiger partial charge in [0.2, 0.25) is 0 Å². The van der Waals surface area contributed by atoms with Crippen LogP contribution in [0.15, 0.2) is 42.5 Å². The first-order valence-corrected chi connectivity index (χ1v) is 6.21. The van der Waals surface area contributed by atoms with Crippen LogP contribution in [0, 0.1) is 0 Å². The predicted octanol–water partition coefficient (Wildman–Crippen LogP) is 2.35. The lowest BCUT2D eigenvalue weighted by Crippen LogP contribution is -2.30. The van der Waals surface area contributed by atoms with Crippen LogP contribution in [0.1, 0.15) is 17.3 Å². The summed E-state index contributed by atoms with van der Waals surface area (Å²) in [6.07, 6.45) is 0. The molecule has 0 radical (unpaired) electrons. The van der Waals surface area contributed by atoms with Crippen molar-refractivity contribution in [1.29, 1.82) is 0 Å². The molecule has 0 atom stereocenters. The second-order valence-electron chi connectivity index (χ2n) is 4.38. The maximum Gasteiger partial charge on any atom is 0.258 e. The lowest BCUT2D eigenvalue weighted by atomic mass is 10.1. The smallest absolute Gasteiger partial charge is 0.258 e. The van der Waals surface area contributed by atoms with Gasteiger partial charge in [-0.1, -0.05) is 0 Å². The highest BCUT2D eigenvalue weighted by atomic mass is 16.3. The van der Waals surface area contributed by atoms with Crippen molar-refractivity contribution in [3.63, 3.8) is 0 Å². The standard InChI is InChI=1S/C15H16N2O3/c1-2-17(12-5-3-11(16)4-6-12)15(20)10-7-13(18)9-14(19)8-10/h3-9,18-19H,2,16H2,1H3. The monoisotopic (exact) mass is 272 g/mol. The summed E-state index contributed by atoms with van der Waals surface area (Å²) in [6.45, 7) is 2.30. The molecule has 0 unspecified atom stereocenters. The van der Waals surface area contributed by atoms with E-state index in [1.165, 1.54) is 23.1 Å². The van der Waals surface area contributed by atoms with Crippen LogP contribution < -0.4 is 10.6 Å². The highest BCUT2D eigenvalue weighted by molar-refractivity contribution is 6.06. The molecule has 0 aromatic heterocycles. The Kier molecular flexibility index (Phi) is 3.79. The number of nitrogen functional groups attached to an aromatic ring is 1. The Labute approximate surface area is 116 Å². The normalized spacial score (nSPS) is 10.2. The van der Waals surface area contributed by atoms with E-state index >= 15 is 0 Å². The molecule has 0 saturated heterocycles. The molecule has 20 heavy (non-hydrogen) atoms. The Hall–Kier alpha value is -2.69. The predicted molar refractivity (Wildman–Crippen MR) is 78.0 cm³/mol. The van der Waals surface area contributed by atoms with Gasteiger partial charge in [0, 0.05) is 29.5 Å². The lowest BCUT2D eigenvalue weighted by molar-refractivity contribution is 0.0987. The molecule has 0 bridgehead atoms. The average molecular weight is 272 g/mol. The van der Waals surface area contributed by atoms with Crippen molar-refractivity contribution in [3.05, 3.63) is 48.0 Å². The lowest BCUT2D eigenvalue weighted by Gasteiger charge is -2.21. The zero-order chi connectivity index (χ0) is 14.7. The molecule has 2 aromatic rings. The number of carbonyl (C=O) groups is 1. The fourth-order valence-corrected chi connectivity index (χ4v) is 1.97. The number of carbonyl (C=O) groups excluding carboxylic acids is 1. The molecule has 0 fully saturated rings. The van der Waals surface area contributed by atoms with Crippen LogP contribution in [-0.4, -0.2) is 22.7 Å². The van der Waals surface area contributed by atoms with Crippen molar-refractivity contribution in [2.75, 3.05) is 17.2 Å². The quantitative estimate of drug-likeness (QED) is 0.748. The maximum atomic E-state index is 12.4. The van der Waals surface area contributed by atoms with E-state index in [0.29, 0.717) is 17.9 Å². The van der Waals surface area contributed by atoms with E-state index < -0.39 is 0 Å². The van der Waals surface area contributed by atoms with E-state index in [4.69, 9.17) is 5.73 Å². The van der Waals surface area contributed by atoms with Gasteiger partial charge in [0.05, 0.1) is 0 Å². The van der Waals surface area contributed by atoms with Gasteiger partial charge in [-0.2, -0.15) is 0 Å². The molecule has 0 heterocycles. The number of nitrogens with zero attached hydrogens (tertiary/aromatic N) is 1. The summed E-state index contributed by atoms with van der Waals surface area (Å²) < 4.78 is 0. The molecule has 0 aliphatic heterocycles. The number of benzene rings is 2. The van der Waals surface area contributed by atoms with Gasteiger partial charge in [0.15, 0.2) is 0 Å². The van der Waals surface area contributed by atoms with E-state index in [9.17, 15) is 15.0 Å². The minimum atomic E-state index is -0.302. The van der Waals surface area contributed by atoms with Crippen LogP contribution in [0.3, 0.4) is 0 Å². The van der Waals surface area contributed by atoms with Gasteiger partial charge < -0.3 is 20.8 Å². The summed E-state index contributed by atoms with van der Waals surface area (Å²) in [5, 5.41) is 18.9. The molecule has 1 amide bonds. The molecule has 2 rings (SSSR count). The molecule has 0 saturated carbocycles. The van der Waals surface area contributed by atoms with Crippen LogP contribution in [0.2, 0.25) is 0 Å². The number of nitrogens with two attached hydrogens (primary N) is 1. The topological polar surface area (TPSA) is 86.8 Å².